The SMILES string of the molecule is Cc1ccc(N(CC(=O)N(Cc2ccccc2F)C(Cc2ccccc2)C(=O)NC(C)C)S(=O)(=O)c2ccccc2)cc1C. The first-order valence-electron chi connectivity index (χ1n) is 14.5. The number of halogens is 1. The van der Waals surface area contributed by atoms with Gasteiger partial charge in [-0.25, -0.2) is 12.8 Å². The van der Waals surface area contributed by atoms with Crippen LogP contribution in [0.25, 0.3) is 0 Å². The van der Waals surface area contributed by atoms with Crippen LogP contribution >= 0.6 is 0 Å². The molecule has 9 heteroatoms. The van der Waals surface area contributed by atoms with E-state index in [4.69, 9.17) is 0 Å². The quantitative estimate of drug-likeness (QED) is 0.218. The van der Waals surface area contributed by atoms with E-state index in [1.165, 1.54) is 23.1 Å². The van der Waals surface area contributed by atoms with Crippen LogP contribution in [0.1, 0.15) is 36.1 Å². The molecule has 0 fully saturated rings. The third kappa shape index (κ3) is 7.90. The lowest BCUT2D eigenvalue weighted by Crippen LogP contribution is -2.54. The van der Waals surface area contributed by atoms with E-state index in [0.29, 0.717) is 5.69 Å². The van der Waals surface area contributed by atoms with Gasteiger partial charge < -0.3 is 10.2 Å². The molecule has 0 aliphatic carbocycles. The van der Waals surface area contributed by atoms with Crippen LogP contribution < -0.4 is 9.62 Å². The molecule has 0 aromatic heterocycles. The number of anilines is 1. The van der Waals surface area contributed by atoms with Crippen molar-refractivity contribution in [2.24, 2.45) is 0 Å². The van der Waals surface area contributed by atoms with Crippen LogP contribution in [0.2, 0.25) is 0 Å². The Hall–Kier alpha value is -4.50. The van der Waals surface area contributed by atoms with E-state index < -0.39 is 40.2 Å². The maximum atomic E-state index is 15.0. The van der Waals surface area contributed by atoms with Gasteiger partial charge in [0, 0.05) is 24.6 Å². The molecule has 1 unspecified atom stereocenters. The minimum absolute atomic E-state index is 0.0186. The van der Waals surface area contributed by atoms with E-state index >= 15 is 0 Å². The van der Waals surface area contributed by atoms with Crippen molar-refractivity contribution in [3.63, 3.8) is 0 Å². The van der Waals surface area contributed by atoms with Gasteiger partial charge in [-0.2, -0.15) is 0 Å². The summed E-state index contributed by atoms with van der Waals surface area (Å²) in [5, 5.41) is 2.90. The molecule has 0 saturated heterocycles. The van der Waals surface area contributed by atoms with Crippen molar-refractivity contribution in [2.75, 3.05) is 10.8 Å². The highest BCUT2D eigenvalue weighted by atomic mass is 32.2. The van der Waals surface area contributed by atoms with Crippen molar-refractivity contribution >= 4 is 27.5 Å². The van der Waals surface area contributed by atoms with E-state index in [-0.39, 0.29) is 29.5 Å². The monoisotopic (exact) mass is 615 g/mol. The Labute approximate surface area is 259 Å². The normalized spacial score (nSPS) is 12.0. The maximum Gasteiger partial charge on any atom is 0.264 e. The van der Waals surface area contributed by atoms with Crippen molar-refractivity contribution in [1.29, 1.82) is 0 Å². The van der Waals surface area contributed by atoms with Gasteiger partial charge in [-0.1, -0.05) is 72.8 Å². The molecule has 0 aliphatic heterocycles. The maximum absolute atomic E-state index is 15.0. The molecule has 0 aliphatic rings. The number of nitrogens with zero attached hydrogens (tertiary/aromatic N) is 2. The van der Waals surface area contributed by atoms with Crippen molar-refractivity contribution in [3.05, 3.63) is 131 Å². The molecule has 0 radical (unpaired) electrons. The number of aryl methyl sites for hydroxylation is 2. The summed E-state index contributed by atoms with van der Waals surface area (Å²) in [4.78, 5) is 29.4. The Bertz CT molecular complexity index is 1700. The fraction of sp³-hybridized carbons (Fsp3) is 0.257. The first kappa shape index (κ1) is 32.4. The molecule has 1 atom stereocenters. The molecule has 44 heavy (non-hydrogen) atoms. The Morgan fingerprint density at radius 2 is 1.43 bits per heavy atom. The molecule has 0 bridgehead atoms. The molecule has 2 amide bonds. The highest BCUT2D eigenvalue weighted by Crippen LogP contribution is 2.27. The lowest BCUT2D eigenvalue weighted by Gasteiger charge is -2.34. The zero-order valence-corrected chi connectivity index (χ0v) is 26.2. The van der Waals surface area contributed by atoms with Gasteiger partial charge in [-0.15, -0.1) is 0 Å². The fourth-order valence-electron chi connectivity index (χ4n) is 4.87. The van der Waals surface area contributed by atoms with E-state index in [2.05, 4.69) is 5.32 Å². The Balaban J connectivity index is 1.82. The van der Waals surface area contributed by atoms with Gasteiger partial charge in [-0.05, 0) is 74.7 Å². The standard InChI is InChI=1S/C35H38FN3O4S/c1-25(2)37-35(41)33(22-28-13-7-5-8-14-28)38(23-29-15-11-12-18-32(29)36)34(40)24-39(30-20-19-26(3)27(4)21-30)44(42,43)31-16-9-6-10-17-31/h5-21,25,33H,22-24H2,1-4H3,(H,37,41). The summed E-state index contributed by atoms with van der Waals surface area (Å²) in [6.07, 6.45) is 0.147. The van der Waals surface area contributed by atoms with Crippen LogP contribution in [0.3, 0.4) is 0 Å². The molecule has 0 spiro atoms. The molecule has 230 valence electrons. The molecular weight excluding hydrogens is 577 g/mol. The summed E-state index contributed by atoms with van der Waals surface area (Å²) in [6.45, 7) is 6.57. The van der Waals surface area contributed by atoms with Gasteiger partial charge >= 0.3 is 0 Å². The summed E-state index contributed by atoms with van der Waals surface area (Å²) in [7, 11) is -4.21. The second-order valence-electron chi connectivity index (χ2n) is 11.1. The van der Waals surface area contributed by atoms with E-state index in [1.807, 2.05) is 58.0 Å². The number of amides is 2. The minimum atomic E-state index is -4.21. The molecule has 0 saturated carbocycles. The van der Waals surface area contributed by atoms with Crippen LogP contribution in [0.5, 0.6) is 0 Å². The third-order valence-corrected chi connectivity index (χ3v) is 9.18. The molecule has 1 N–H and O–H groups in total. The van der Waals surface area contributed by atoms with Crippen LogP contribution in [0.15, 0.2) is 108 Å². The zero-order chi connectivity index (χ0) is 31.9. The summed E-state index contributed by atoms with van der Waals surface area (Å²) >= 11 is 0. The molecule has 0 heterocycles. The Morgan fingerprint density at radius 1 is 0.818 bits per heavy atom. The Morgan fingerprint density at radius 3 is 2.05 bits per heavy atom. The number of carbonyl (C=O) groups excluding carboxylic acids is 2. The van der Waals surface area contributed by atoms with Crippen molar-refractivity contribution in [2.45, 2.75) is 57.6 Å². The lowest BCUT2D eigenvalue weighted by molar-refractivity contribution is -0.140. The van der Waals surface area contributed by atoms with Crippen molar-refractivity contribution in [3.8, 4) is 0 Å². The molecule has 4 rings (SSSR count). The fourth-order valence-corrected chi connectivity index (χ4v) is 6.30. The zero-order valence-electron chi connectivity index (χ0n) is 25.4. The molecule has 7 nitrogen and oxygen atoms in total. The number of hydrogen-bond donors (Lipinski definition) is 1. The molecular formula is C35H38FN3O4S. The first-order chi connectivity index (χ1) is 21.0. The average Bonchev–Trinajstić information content (AvgIpc) is 3.00. The number of benzene rings is 4. The van der Waals surface area contributed by atoms with E-state index in [0.717, 1.165) is 21.0 Å². The third-order valence-electron chi connectivity index (χ3n) is 7.39. The summed E-state index contributed by atoms with van der Waals surface area (Å²) in [5.41, 5.74) is 3.13. The van der Waals surface area contributed by atoms with Gasteiger partial charge in [0.2, 0.25) is 11.8 Å². The number of hydrogen-bond acceptors (Lipinski definition) is 4. The van der Waals surface area contributed by atoms with Crippen LogP contribution in [0.4, 0.5) is 10.1 Å². The Kier molecular flexibility index (Phi) is 10.5. The van der Waals surface area contributed by atoms with Crippen molar-refractivity contribution < 1.29 is 22.4 Å². The smallest absolute Gasteiger partial charge is 0.264 e. The minimum Gasteiger partial charge on any atom is -0.352 e. The van der Waals surface area contributed by atoms with E-state index in [9.17, 15) is 22.4 Å². The summed E-state index contributed by atoms with van der Waals surface area (Å²) in [6, 6.07) is 27.1. The summed E-state index contributed by atoms with van der Waals surface area (Å²) in [5.74, 6) is -1.60. The predicted octanol–water partition coefficient (Wildman–Crippen LogP) is 5.80. The van der Waals surface area contributed by atoms with Gasteiger partial charge in [0.1, 0.15) is 18.4 Å². The van der Waals surface area contributed by atoms with Gasteiger partial charge in [0.15, 0.2) is 0 Å². The van der Waals surface area contributed by atoms with E-state index in [1.54, 1.807) is 54.6 Å². The number of rotatable bonds is 12. The van der Waals surface area contributed by atoms with Crippen LogP contribution in [0, 0.1) is 19.7 Å². The van der Waals surface area contributed by atoms with Crippen molar-refractivity contribution in [1.82, 2.24) is 10.2 Å². The number of nitrogens with one attached hydrogen (secondary N) is 1. The second kappa shape index (κ2) is 14.3. The topological polar surface area (TPSA) is 86.8 Å². The highest BCUT2D eigenvalue weighted by Gasteiger charge is 2.35. The van der Waals surface area contributed by atoms with Crippen LogP contribution in [-0.4, -0.2) is 43.8 Å². The molecule has 4 aromatic rings. The number of sulfonamides is 1. The first-order valence-corrected chi connectivity index (χ1v) is 15.9. The summed E-state index contributed by atoms with van der Waals surface area (Å²) < 4.78 is 44.2. The van der Waals surface area contributed by atoms with Gasteiger partial charge in [0.25, 0.3) is 10.0 Å². The van der Waals surface area contributed by atoms with Gasteiger partial charge in [-0.3, -0.25) is 13.9 Å². The number of carbonyl (C=O) groups is 2. The lowest BCUT2D eigenvalue weighted by atomic mass is 10.0. The second-order valence-corrected chi connectivity index (χ2v) is 12.9. The van der Waals surface area contributed by atoms with Crippen LogP contribution in [-0.2, 0) is 32.6 Å². The average molecular weight is 616 g/mol. The predicted molar refractivity (Wildman–Crippen MR) is 171 cm³/mol. The molecule has 4 aromatic carbocycles. The highest BCUT2D eigenvalue weighted by molar-refractivity contribution is 7.92. The largest absolute Gasteiger partial charge is 0.352 e. The van der Waals surface area contributed by atoms with Gasteiger partial charge in [0.05, 0.1) is 10.6 Å².